The van der Waals surface area contributed by atoms with Gasteiger partial charge in [0.25, 0.3) is 0 Å². The predicted octanol–water partition coefficient (Wildman–Crippen LogP) is 2.05. The highest BCUT2D eigenvalue weighted by Gasteiger charge is 2.27. The van der Waals surface area contributed by atoms with Crippen molar-refractivity contribution in [2.75, 3.05) is 0 Å². The topological polar surface area (TPSA) is 40.5 Å². The highest BCUT2D eigenvalue weighted by atomic mass is 16.4. The molecule has 0 heterocycles. The zero-order valence-corrected chi connectivity index (χ0v) is 10.4. The third-order valence-electron chi connectivity index (χ3n) is 3.61. The number of hydrogen-bond donors (Lipinski definition) is 2. The molecular weight excluding hydrogens is 235 g/mol. The number of fused-ring (bicyclic) bond motifs is 3. The summed E-state index contributed by atoms with van der Waals surface area (Å²) < 4.78 is 0. The van der Waals surface area contributed by atoms with Gasteiger partial charge in [-0.3, -0.25) is 0 Å². The standard InChI is InChI=1S/C16H13BO2/c1-3-11-15(17(18)19)9-8-14-13-7-5-4-6-12(13)10(2)16(11)14/h3-9,18-19H,1-2H2. The summed E-state index contributed by atoms with van der Waals surface area (Å²) in [5.74, 6) is 0. The van der Waals surface area contributed by atoms with Crippen LogP contribution in [0.5, 0.6) is 0 Å². The average molecular weight is 248 g/mol. The lowest BCUT2D eigenvalue weighted by atomic mass is 9.74. The van der Waals surface area contributed by atoms with Gasteiger partial charge in [0.2, 0.25) is 0 Å². The first-order chi connectivity index (χ1) is 9.15. The molecule has 0 saturated carbocycles. The third kappa shape index (κ3) is 1.60. The second-order valence-corrected chi connectivity index (χ2v) is 4.59. The summed E-state index contributed by atoms with van der Waals surface area (Å²) in [5.41, 5.74) is 6.34. The molecule has 0 atom stereocenters. The molecule has 0 aromatic heterocycles. The van der Waals surface area contributed by atoms with E-state index in [4.69, 9.17) is 0 Å². The van der Waals surface area contributed by atoms with Crippen molar-refractivity contribution in [3.8, 4) is 11.1 Å². The Hall–Kier alpha value is -2.10. The van der Waals surface area contributed by atoms with Crippen LogP contribution < -0.4 is 5.46 Å². The van der Waals surface area contributed by atoms with E-state index < -0.39 is 7.12 Å². The lowest BCUT2D eigenvalue weighted by molar-refractivity contribution is 0.425. The Morgan fingerprint density at radius 1 is 0.947 bits per heavy atom. The number of hydrogen-bond acceptors (Lipinski definition) is 2. The lowest BCUT2D eigenvalue weighted by Crippen LogP contribution is -2.32. The molecule has 19 heavy (non-hydrogen) atoms. The van der Waals surface area contributed by atoms with Gasteiger partial charge in [0.1, 0.15) is 0 Å². The number of rotatable bonds is 2. The summed E-state index contributed by atoms with van der Waals surface area (Å²) in [6, 6.07) is 11.7. The van der Waals surface area contributed by atoms with Crippen molar-refractivity contribution in [3.05, 3.63) is 66.2 Å². The fourth-order valence-electron chi connectivity index (χ4n) is 2.75. The van der Waals surface area contributed by atoms with Crippen LogP contribution in [-0.4, -0.2) is 17.2 Å². The quantitative estimate of drug-likeness (QED) is 0.681. The van der Waals surface area contributed by atoms with Gasteiger partial charge >= 0.3 is 7.12 Å². The van der Waals surface area contributed by atoms with Gasteiger partial charge in [-0.25, -0.2) is 0 Å². The Balaban J connectivity index is 2.36. The van der Waals surface area contributed by atoms with Gasteiger partial charge in [-0.2, -0.15) is 0 Å². The Bertz CT molecular complexity index is 702. The monoisotopic (exact) mass is 248 g/mol. The second kappa shape index (κ2) is 4.23. The van der Waals surface area contributed by atoms with E-state index in [0.29, 0.717) is 5.46 Å². The predicted molar refractivity (Wildman–Crippen MR) is 79.9 cm³/mol. The van der Waals surface area contributed by atoms with E-state index in [9.17, 15) is 10.0 Å². The van der Waals surface area contributed by atoms with Gasteiger partial charge in [-0.05, 0) is 38.9 Å². The summed E-state index contributed by atoms with van der Waals surface area (Å²) in [4.78, 5) is 0. The lowest BCUT2D eigenvalue weighted by Gasteiger charge is -2.11. The summed E-state index contributed by atoms with van der Waals surface area (Å²) in [6.07, 6.45) is 1.66. The van der Waals surface area contributed by atoms with Gasteiger partial charge in [0.15, 0.2) is 0 Å². The van der Waals surface area contributed by atoms with Crippen LogP contribution in [0.1, 0.15) is 16.7 Å². The second-order valence-electron chi connectivity index (χ2n) is 4.59. The molecule has 0 bridgehead atoms. The maximum atomic E-state index is 9.45. The van der Waals surface area contributed by atoms with Crippen LogP contribution in [0.3, 0.4) is 0 Å². The molecule has 0 saturated heterocycles. The molecule has 3 rings (SSSR count). The molecule has 92 valence electrons. The molecule has 0 fully saturated rings. The van der Waals surface area contributed by atoms with Gasteiger partial charge in [-0.15, -0.1) is 0 Å². The summed E-state index contributed by atoms with van der Waals surface area (Å²) in [5, 5.41) is 18.9. The Morgan fingerprint density at radius 2 is 1.63 bits per heavy atom. The molecule has 2 nitrogen and oxygen atoms in total. The van der Waals surface area contributed by atoms with Crippen LogP contribution in [-0.2, 0) is 0 Å². The van der Waals surface area contributed by atoms with Gasteiger partial charge in [-0.1, -0.05) is 55.6 Å². The maximum Gasteiger partial charge on any atom is 0.489 e. The van der Waals surface area contributed by atoms with Crippen LogP contribution in [0.25, 0.3) is 22.8 Å². The van der Waals surface area contributed by atoms with Crippen LogP contribution in [0.4, 0.5) is 0 Å². The van der Waals surface area contributed by atoms with Crippen LogP contribution in [0, 0.1) is 0 Å². The van der Waals surface area contributed by atoms with Crippen LogP contribution >= 0.6 is 0 Å². The molecule has 0 aliphatic heterocycles. The normalized spacial score (nSPS) is 12.0. The summed E-state index contributed by atoms with van der Waals surface area (Å²) in [7, 11) is -1.50. The van der Waals surface area contributed by atoms with Crippen molar-refractivity contribution < 1.29 is 10.0 Å². The molecule has 1 aliphatic carbocycles. The van der Waals surface area contributed by atoms with Gasteiger partial charge in [0, 0.05) is 0 Å². The maximum absolute atomic E-state index is 9.45. The molecule has 0 spiro atoms. The molecular formula is C16H13BO2. The fraction of sp³-hybridized carbons (Fsp3) is 0. The van der Waals surface area contributed by atoms with Gasteiger partial charge in [0.05, 0.1) is 0 Å². The van der Waals surface area contributed by atoms with Crippen LogP contribution in [0.15, 0.2) is 49.6 Å². The van der Waals surface area contributed by atoms with Crippen molar-refractivity contribution in [1.29, 1.82) is 0 Å². The van der Waals surface area contributed by atoms with Crippen molar-refractivity contribution >= 4 is 24.2 Å². The first kappa shape index (κ1) is 12.0. The van der Waals surface area contributed by atoms with E-state index >= 15 is 0 Å². The van der Waals surface area contributed by atoms with E-state index in [2.05, 4.69) is 13.2 Å². The molecule has 0 amide bonds. The van der Waals surface area contributed by atoms with E-state index in [-0.39, 0.29) is 0 Å². The largest absolute Gasteiger partial charge is 0.489 e. The van der Waals surface area contributed by atoms with Crippen molar-refractivity contribution in [2.24, 2.45) is 0 Å². The minimum atomic E-state index is -1.50. The summed E-state index contributed by atoms with van der Waals surface area (Å²) in [6.45, 7) is 7.92. The van der Waals surface area contributed by atoms with E-state index in [1.54, 1.807) is 12.1 Å². The molecule has 1 aliphatic rings. The Morgan fingerprint density at radius 3 is 2.26 bits per heavy atom. The zero-order chi connectivity index (χ0) is 13.6. The van der Waals surface area contributed by atoms with Crippen LogP contribution in [0.2, 0.25) is 0 Å². The van der Waals surface area contributed by atoms with E-state index in [1.807, 2.05) is 30.3 Å². The van der Waals surface area contributed by atoms with Crippen molar-refractivity contribution in [3.63, 3.8) is 0 Å². The molecule has 3 heteroatoms. The molecule has 2 N–H and O–H groups in total. The first-order valence-electron chi connectivity index (χ1n) is 6.09. The SMILES string of the molecule is C=Cc1c(B(O)O)ccc2c1C(=C)c1ccccc1-2. The molecule has 0 unspecified atom stereocenters. The van der Waals surface area contributed by atoms with Gasteiger partial charge < -0.3 is 10.0 Å². The van der Waals surface area contributed by atoms with Crippen molar-refractivity contribution in [2.45, 2.75) is 0 Å². The Kier molecular flexibility index (Phi) is 2.66. The van der Waals surface area contributed by atoms with E-state index in [1.165, 1.54) is 0 Å². The summed E-state index contributed by atoms with van der Waals surface area (Å²) >= 11 is 0. The molecule has 2 aromatic rings. The minimum Gasteiger partial charge on any atom is -0.423 e. The fourth-order valence-corrected chi connectivity index (χ4v) is 2.75. The molecule has 0 radical (unpaired) electrons. The molecule has 2 aromatic carbocycles. The smallest absolute Gasteiger partial charge is 0.423 e. The van der Waals surface area contributed by atoms with E-state index in [0.717, 1.165) is 33.4 Å². The third-order valence-corrected chi connectivity index (χ3v) is 3.61. The number of benzene rings is 2. The minimum absolute atomic E-state index is 0.461. The highest BCUT2D eigenvalue weighted by Crippen LogP contribution is 2.44. The Labute approximate surface area is 112 Å². The first-order valence-corrected chi connectivity index (χ1v) is 6.09. The van der Waals surface area contributed by atoms with Crippen molar-refractivity contribution in [1.82, 2.24) is 0 Å². The zero-order valence-electron chi connectivity index (χ0n) is 10.4. The average Bonchev–Trinajstić information content (AvgIpc) is 2.72. The highest BCUT2D eigenvalue weighted by molar-refractivity contribution is 6.59.